The quantitative estimate of drug-likeness (QED) is 0.830. The van der Waals surface area contributed by atoms with Crippen LogP contribution in [0.4, 0.5) is 4.39 Å². The summed E-state index contributed by atoms with van der Waals surface area (Å²) in [7, 11) is 1.42. The molecule has 4 nitrogen and oxygen atoms in total. The summed E-state index contributed by atoms with van der Waals surface area (Å²) in [6.45, 7) is 2.88. The molecule has 96 valence electrons. The van der Waals surface area contributed by atoms with E-state index in [1.165, 1.54) is 13.2 Å². The van der Waals surface area contributed by atoms with Crippen LogP contribution in [0.5, 0.6) is 5.75 Å². The van der Waals surface area contributed by atoms with E-state index >= 15 is 0 Å². The Balaban J connectivity index is 2.26. The molecule has 0 N–H and O–H groups in total. The van der Waals surface area contributed by atoms with Crippen molar-refractivity contribution in [2.75, 3.05) is 7.11 Å². The summed E-state index contributed by atoms with van der Waals surface area (Å²) in [4.78, 5) is 11.8. The van der Waals surface area contributed by atoms with E-state index in [0.717, 1.165) is 5.56 Å². The van der Waals surface area contributed by atoms with Gasteiger partial charge in [-0.3, -0.25) is 9.13 Å². The van der Waals surface area contributed by atoms with Crippen LogP contribution in [0.1, 0.15) is 12.5 Å². The third-order valence-corrected chi connectivity index (χ3v) is 2.83. The maximum atomic E-state index is 13.5. The normalized spacial score (nSPS) is 10.6. The molecule has 1 aromatic carbocycles. The van der Waals surface area contributed by atoms with Crippen molar-refractivity contribution in [1.29, 1.82) is 0 Å². The summed E-state index contributed by atoms with van der Waals surface area (Å²) < 4.78 is 21.5. The molecule has 2 rings (SSSR count). The van der Waals surface area contributed by atoms with Crippen LogP contribution in [0.2, 0.25) is 0 Å². The zero-order valence-corrected chi connectivity index (χ0v) is 10.4. The Kier molecular flexibility index (Phi) is 3.50. The first-order chi connectivity index (χ1) is 8.65. The molecule has 0 bridgehead atoms. The van der Waals surface area contributed by atoms with Crippen molar-refractivity contribution in [3.05, 3.63) is 52.5 Å². The lowest BCUT2D eigenvalue weighted by atomic mass is 10.2. The first-order valence-corrected chi connectivity index (χ1v) is 5.73. The van der Waals surface area contributed by atoms with Gasteiger partial charge in [-0.25, -0.2) is 9.18 Å². The van der Waals surface area contributed by atoms with Crippen molar-refractivity contribution in [3.63, 3.8) is 0 Å². The lowest BCUT2D eigenvalue weighted by Gasteiger charge is -2.05. The number of benzene rings is 1. The van der Waals surface area contributed by atoms with Gasteiger partial charge in [0.05, 0.1) is 13.7 Å². The van der Waals surface area contributed by atoms with E-state index in [1.807, 2.05) is 6.92 Å². The van der Waals surface area contributed by atoms with Gasteiger partial charge in [-0.2, -0.15) is 0 Å². The molecule has 0 fully saturated rings. The Morgan fingerprint density at radius 1 is 1.28 bits per heavy atom. The highest BCUT2D eigenvalue weighted by Crippen LogP contribution is 2.17. The van der Waals surface area contributed by atoms with E-state index in [9.17, 15) is 9.18 Å². The summed E-state index contributed by atoms with van der Waals surface area (Å²) in [5.74, 6) is -0.213. The van der Waals surface area contributed by atoms with Gasteiger partial charge in [-0.15, -0.1) is 0 Å². The van der Waals surface area contributed by atoms with Crippen LogP contribution in [-0.2, 0) is 13.1 Å². The smallest absolute Gasteiger partial charge is 0.328 e. The molecule has 0 spiro atoms. The average molecular weight is 250 g/mol. The predicted octanol–water partition coefficient (Wildman–Crippen LogP) is 1.87. The molecule has 0 amide bonds. The summed E-state index contributed by atoms with van der Waals surface area (Å²) in [6.07, 6.45) is 3.43. The van der Waals surface area contributed by atoms with Gasteiger partial charge in [0.1, 0.15) is 0 Å². The van der Waals surface area contributed by atoms with E-state index in [4.69, 9.17) is 4.74 Å². The fourth-order valence-corrected chi connectivity index (χ4v) is 1.82. The van der Waals surface area contributed by atoms with Gasteiger partial charge in [0.25, 0.3) is 0 Å². The monoisotopic (exact) mass is 250 g/mol. The number of nitrogens with zero attached hydrogens (tertiary/aromatic N) is 2. The molecular formula is C13H15FN2O2. The minimum Gasteiger partial charge on any atom is -0.494 e. The van der Waals surface area contributed by atoms with Gasteiger partial charge < -0.3 is 4.74 Å². The standard InChI is InChI=1S/C13H15FN2O2/c1-3-15-6-7-16(13(15)17)9-10-4-5-12(18-2)11(14)8-10/h4-8H,3,9H2,1-2H3. The molecule has 18 heavy (non-hydrogen) atoms. The number of aryl methyl sites for hydroxylation is 1. The molecule has 0 saturated heterocycles. The maximum Gasteiger partial charge on any atom is 0.328 e. The van der Waals surface area contributed by atoms with Crippen molar-refractivity contribution in [2.24, 2.45) is 0 Å². The zero-order valence-electron chi connectivity index (χ0n) is 10.4. The first-order valence-electron chi connectivity index (χ1n) is 5.73. The van der Waals surface area contributed by atoms with E-state index in [2.05, 4.69) is 0 Å². The average Bonchev–Trinajstić information content (AvgIpc) is 2.71. The SMILES string of the molecule is CCn1ccn(Cc2ccc(OC)c(F)c2)c1=O. The maximum absolute atomic E-state index is 13.5. The topological polar surface area (TPSA) is 36.2 Å². The molecule has 1 aromatic heterocycles. The molecular weight excluding hydrogens is 235 g/mol. The van der Waals surface area contributed by atoms with E-state index in [1.54, 1.807) is 33.7 Å². The van der Waals surface area contributed by atoms with Gasteiger partial charge in [0.2, 0.25) is 0 Å². The van der Waals surface area contributed by atoms with Crippen LogP contribution in [0.3, 0.4) is 0 Å². The van der Waals surface area contributed by atoms with Crippen LogP contribution in [-0.4, -0.2) is 16.2 Å². The predicted molar refractivity (Wildman–Crippen MR) is 66.4 cm³/mol. The Labute approximate surface area is 104 Å². The summed E-state index contributed by atoms with van der Waals surface area (Å²) in [5.41, 5.74) is 0.637. The number of halogens is 1. The Bertz CT molecular complexity index is 601. The first kappa shape index (κ1) is 12.4. The lowest BCUT2D eigenvalue weighted by Crippen LogP contribution is -2.23. The molecule has 0 aliphatic rings. The van der Waals surface area contributed by atoms with E-state index in [-0.39, 0.29) is 11.4 Å². The fourth-order valence-electron chi connectivity index (χ4n) is 1.82. The van der Waals surface area contributed by atoms with E-state index < -0.39 is 5.82 Å². The molecule has 2 aromatic rings. The summed E-state index contributed by atoms with van der Waals surface area (Å²) >= 11 is 0. The van der Waals surface area contributed by atoms with Crippen LogP contribution in [0.25, 0.3) is 0 Å². The van der Waals surface area contributed by atoms with Crippen molar-refractivity contribution in [1.82, 2.24) is 9.13 Å². The number of methoxy groups -OCH3 is 1. The number of aromatic nitrogens is 2. The van der Waals surface area contributed by atoms with Crippen molar-refractivity contribution in [2.45, 2.75) is 20.0 Å². The number of rotatable bonds is 4. The van der Waals surface area contributed by atoms with Crippen LogP contribution in [0, 0.1) is 5.82 Å². The van der Waals surface area contributed by atoms with Crippen LogP contribution in [0.15, 0.2) is 35.4 Å². The minimum absolute atomic E-state index is 0.0891. The van der Waals surface area contributed by atoms with E-state index in [0.29, 0.717) is 13.1 Å². The summed E-state index contributed by atoms with van der Waals surface area (Å²) in [6, 6.07) is 4.69. The number of hydrogen-bond acceptors (Lipinski definition) is 2. The summed E-state index contributed by atoms with van der Waals surface area (Å²) in [5, 5.41) is 0. The third kappa shape index (κ3) is 2.30. The van der Waals surface area contributed by atoms with Gasteiger partial charge in [0, 0.05) is 18.9 Å². The van der Waals surface area contributed by atoms with Crippen LogP contribution < -0.4 is 10.4 Å². The second-order valence-electron chi connectivity index (χ2n) is 3.96. The highest BCUT2D eigenvalue weighted by Gasteiger charge is 2.06. The number of hydrogen-bond donors (Lipinski definition) is 0. The van der Waals surface area contributed by atoms with Crippen molar-refractivity contribution < 1.29 is 9.13 Å². The molecule has 0 radical (unpaired) electrons. The van der Waals surface area contributed by atoms with Gasteiger partial charge >= 0.3 is 5.69 Å². The van der Waals surface area contributed by atoms with Gasteiger partial charge in [-0.1, -0.05) is 6.07 Å². The van der Waals surface area contributed by atoms with Gasteiger partial charge in [-0.05, 0) is 24.6 Å². The number of ether oxygens (including phenoxy) is 1. The largest absolute Gasteiger partial charge is 0.494 e. The zero-order chi connectivity index (χ0) is 13.1. The molecule has 0 saturated carbocycles. The van der Waals surface area contributed by atoms with Crippen molar-refractivity contribution in [3.8, 4) is 5.75 Å². The fraction of sp³-hybridized carbons (Fsp3) is 0.308. The molecule has 5 heteroatoms. The second-order valence-corrected chi connectivity index (χ2v) is 3.96. The highest BCUT2D eigenvalue weighted by atomic mass is 19.1. The second kappa shape index (κ2) is 5.08. The third-order valence-electron chi connectivity index (χ3n) is 2.83. The lowest BCUT2D eigenvalue weighted by molar-refractivity contribution is 0.386. The van der Waals surface area contributed by atoms with Crippen molar-refractivity contribution >= 4 is 0 Å². The number of imidazole rings is 1. The minimum atomic E-state index is -0.419. The Morgan fingerprint density at radius 2 is 2.00 bits per heavy atom. The highest BCUT2D eigenvalue weighted by molar-refractivity contribution is 5.29. The molecule has 0 atom stereocenters. The van der Waals surface area contributed by atoms with Gasteiger partial charge in [0.15, 0.2) is 11.6 Å². The molecule has 0 aliphatic carbocycles. The molecule has 0 aliphatic heterocycles. The molecule has 0 unspecified atom stereocenters. The Morgan fingerprint density at radius 3 is 2.56 bits per heavy atom. The van der Waals surface area contributed by atoms with Crippen LogP contribution >= 0.6 is 0 Å². The molecule has 1 heterocycles. The Hall–Kier alpha value is -2.04.